The van der Waals surface area contributed by atoms with Gasteiger partial charge in [0.2, 0.25) is 0 Å². The smallest absolute Gasteiger partial charge is 0.304 e. The third-order valence-corrected chi connectivity index (χ3v) is 3.64. The number of aromatic amines is 1. The topological polar surface area (TPSA) is 44.9 Å². The molecule has 2 rings (SSSR count). The van der Waals surface area contributed by atoms with Crippen LogP contribution >= 0.6 is 22.9 Å². The van der Waals surface area contributed by atoms with Gasteiger partial charge in [0, 0.05) is 23.7 Å². The fourth-order valence-electron chi connectivity index (χ4n) is 1.56. The van der Waals surface area contributed by atoms with Crippen molar-refractivity contribution in [2.45, 2.75) is 19.5 Å². The van der Waals surface area contributed by atoms with Gasteiger partial charge in [0.25, 0.3) is 0 Å². The molecule has 1 unspecified atom stereocenters. The number of thiazole rings is 1. The highest BCUT2D eigenvalue weighted by molar-refractivity contribution is 7.07. The van der Waals surface area contributed by atoms with Gasteiger partial charge in [-0.1, -0.05) is 29.0 Å². The van der Waals surface area contributed by atoms with E-state index in [1.165, 1.54) is 12.1 Å². The maximum atomic E-state index is 13.3. The molecule has 2 N–H and O–H groups in total. The number of hydrogen-bond acceptors (Lipinski definition) is 3. The first-order valence-electron chi connectivity index (χ1n) is 5.41. The molecule has 0 fully saturated rings. The molecule has 0 amide bonds. The number of hydrogen-bond donors (Lipinski definition) is 2. The second-order valence-corrected chi connectivity index (χ2v) is 5.20. The molecule has 0 aliphatic carbocycles. The second kappa shape index (κ2) is 5.65. The zero-order chi connectivity index (χ0) is 13.1. The standard InChI is InChI=1S/C12H12ClFN2OS/c1-7(8-2-3-10(13)11(14)4-8)15-5-9-6-18-12(17)16-9/h2-4,6-7,15H,5H2,1H3,(H,16,17). The molecule has 2 aromatic rings. The molecule has 1 heterocycles. The van der Waals surface area contributed by atoms with Gasteiger partial charge < -0.3 is 10.3 Å². The van der Waals surface area contributed by atoms with Crippen LogP contribution in [0, 0.1) is 5.82 Å². The zero-order valence-corrected chi connectivity index (χ0v) is 11.2. The number of H-pyrrole nitrogens is 1. The van der Waals surface area contributed by atoms with Crippen LogP contribution in [0.4, 0.5) is 4.39 Å². The molecule has 3 nitrogen and oxygen atoms in total. The summed E-state index contributed by atoms with van der Waals surface area (Å²) < 4.78 is 13.3. The molecular weight excluding hydrogens is 275 g/mol. The molecule has 18 heavy (non-hydrogen) atoms. The van der Waals surface area contributed by atoms with Crippen molar-refractivity contribution in [1.82, 2.24) is 10.3 Å². The normalized spacial score (nSPS) is 12.6. The Morgan fingerprint density at radius 2 is 2.33 bits per heavy atom. The summed E-state index contributed by atoms with van der Waals surface area (Å²) >= 11 is 6.76. The van der Waals surface area contributed by atoms with Crippen LogP contribution in [-0.2, 0) is 6.54 Å². The molecule has 1 aromatic carbocycles. The molecule has 0 saturated heterocycles. The van der Waals surface area contributed by atoms with Crippen molar-refractivity contribution in [2.75, 3.05) is 0 Å². The lowest BCUT2D eigenvalue weighted by molar-refractivity contribution is 0.560. The van der Waals surface area contributed by atoms with E-state index in [2.05, 4.69) is 10.3 Å². The Kier molecular flexibility index (Phi) is 4.16. The molecule has 0 spiro atoms. The molecule has 96 valence electrons. The Morgan fingerprint density at radius 1 is 1.56 bits per heavy atom. The van der Waals surface area contributed by atoms with Crippen LogP contribution in [0.15, 0.2) is 28.4 Å². The largest absolute Gasteiger partial charge is 0.315 e. The fraction of sp³-hybridized carbons (Fsp3) is 0.250. The summed E-state index contributed by atoms with van der Waals surface area (Å²) in [5, 5.41) is 5.09. The summed E-state index contributed by atoms with van der Waals surface area (Å²) in [5.41, 5.74) is 1.64. The van der Waals surface area contributed by atoms with E-state index in [4.69, 9.17) is 11.6 Å². The molecule has 0 bridgehead atoms. The maximum absolute atomic E-state index is 13.3. The number of aromatic nitrogens is 1. The van der Waals surface area contributed by atoms with Gasteiger partial charge in [-0.25, -0.2) is 4.39 Å². The van der Waals surface area contributed by atoms with E-state index < -0.39 is 5.82 Å². The summed E-state index contributed by atoms with van der Waals surface area (Å²) in [7, 11) is 0. The van der Waals surface area contributed by atoms with E-state index in [-0.39, 0.29) is 15.9 Å². The van der Waals surface area contributed by atoms with Crippen LogP contribution in [0.2, 0.25) is 5.02 Å². The van der Waals surface area contributed by atoms with Crippen molar-refractivity contribution >= 4 is 22.9 Å². The zero-order valence-electron chi connectivity index (χ0n) is 9.67. The number of nitrogens with one attached hydrogen (secondary N) is 2. The van der Waals surface area contributed by atoms with Crippen LogP contribution in [0.1, 0.15) is 24.2 Å². The van der Waals surface area contributed by atoms with Crippen molar-refractivity contribution in [3.63, 3.8) is 0 Å². The SMILES string of the molecule is CC(NCc1csc(=O)[nH]1)c1ccc(Cl)c(F)c1. The van der Waals surface area contributed by atoms with Gasteiger partial charge in [0.1, 0.15) is 5.82 Å². The van der Waals surface area contributed by atoms with Crippen LogP contribution < -0.4 is 10.2 Å². The number of benzene rings is 1. The molecular formula is C12H12ClFN2OS. The molecule has 0 saturated carbocycles. The van der Waals surface area contributed by atoms with Crippen molar-refractivity contribution < 1.29 is 4.39 Å². The van der Waals surface area contributed by atoms with Gasteiger partial charge in [-0.15, -0.1) is 0 Å². The van der Waals surface area contributed by atoms with Crippen LogP contribution in [0.25, 0.3) is 0 Å². The Balaban J connectivity index is 2.01. The van der Waals surface area contributed by atoms with E-state index in [1.54, 1.807) is 11.4 Å². The second-order valence-electron chi connectivity index (χ2n) is 3.95. The van der Waals surface area contributed by atoms with Gasteiger partial charge in [-0.2, -0.15) is 0 Å². The average Bonchev–Trinajstić information content (AvgIpc) is 2.75. The minimum Gasteiger partial charge on any atom is -0.315 e. The first kappa shape index (κ1) is 13.3. The Morgan fingerprint density at radius 3 is 2.94 bits per heavy atom. The lowest BCUT2D eigenvalue weighted by Crippen LogP contribution is -2.18. The van der Waals surface area contributed by atoms with Gasteiger partial charge in [0.15, 0.2) is 0 Å². The maximum Gasteiger partial charge on any atom is 0.304 e. The summed E-state index contributed by atoms with van der Waals surface area (Å²) in [4.78, 5) is 13.6. The van der Waals surface area contributed by atoms with E-state index in [0.29, 0.717) is 6.54 Å². The lowest BCUT2D eigenvalue weighted by Gasteiger charge is -2.13. The molecule has 6 heteroatoms. The fourth-order valence-corrected chi connectivity index (χ4v) is 2.26. The van der Waals surface area contributed by atoms with E-state index in [1.807, 2.05) is 6.92 Å². The third kappa shape index (κ3) is 3.19. The third-order valence-electron chi connectivity index (χ3n) is 2.61. The van der Waals surface area contributed by atoms with Crippen molar-refractivity contribution in [1.29, 1.82) is 0 Å². The molecule has 0 aliphatic heterocycles. The summed E-state index contributed by atoms with van der Waals surface area (Å²) in [6.45, 7) is 2.46. The highest BCUT2D eigenvalue weighted by Crippen LogP contribution is 2.20. The molecule has 0 radical (unpaired) electrons. The quantitative estimate of drug-likeness (QED) is 0.907. The first-order chi connectivity index (χ1) is 8.56. The van der Waals surface area contributed by atoms with Crippen molar-refractivity contribution in [3.05, 3.63) is 55.3 Å². The van der Waals surface area contributed by atoms with Crippen LogP contribution in [0.3, 0.4) is 0 Å². The number of rotatable bonds is 4. The first-order valence-corrected chi connectivity index (χ1v) is 6.67. The summed E-state index contributed by atoms with van der Waals surface area (Å²) in [6.07, 6.45) is 0. The predicted molar refractivity (Wildman–Crippen MR) is 71.6 cm³/mol. The van der Waals surface area contributed by atoms with Gasteiger partial charge in [-0.05, 0) is 24.6 Å². The average molecular weight is 287 g/mol. The lowest BCUT2D eigenvalue weighted by atomic mass is 10.1. The van der Waals surface area contributed by atoms with Crippen molar-refractivity contribution in [3.8, 4) is 0 Å². The van der Waals surface area contributed by atoms with Gasteiger partial charge >= 0.3 is 4.87 Å². The molecule has 1 aromatic heterocycles. The monoisotopic (exact) mass is 286 g/mol. The van der Waals surface area contributed by atoms with Crippen molar-refractivity contribution in [2.24, 2.45) is 0 Å². The Hall–Kier alpha value is -1.17. The minimum atomic E-state index is -0.424. The highest BCUT2D eigenvalue weighted by Gasteiger charge is 2.08. The molecule has 1 atom stereocenters. The predicted octanol–water partition coefficient (Wildman–Crippen LogP) is 3.08. The van der Waals surface area contributed by atoms with E-state index >= 15 is 0 Å². The van der Waals surface area contributed by atoms with E-state index in [9.17, 15) is 9.18 Å². The van der Waals surface area contributed by atoms with Crippen LogP contribution in [-0.4, -0.2) is 4.98 Å². The summed E-state index contributed by atoms with van der Waals surface area (Å²) in [6, 6.07) is 4.70. The van der Waals surface area contributed by atoms with Crippen LogP contribution in [0.5, 0.6) is 0 Å². The van der Waals surface area contributed by atoms with E-state index in [0.717, 1.165) is 22.6 Å². The molecule has 0 aliphatic rings. The number of halogens is 2. The highest BCUT2D eigenvalue weighted by atomic mass is 35.5. The minimum absolute atomic E-state index is 0.0276. The van der Waals surface area contributed by atoms with Gasteiger partial charge in [-0.3, -0.25) is 4.79 Å². The Labute approximate surface area is 113 Å². The van der Waals surface area contributed by atoms with Gasteiger partial charge in [0.05, 0.1) is 5.02 Å². The Bertz CT molecular complexity index is 596. The summed E-state index contributed by atoms with van der Waals surface area (Å²) in [5.74, 6) is -0.424.